The molecule has 0 amide bonds. The van der Waals surface area contributed by atoms with Crippen molar-refractivity contribution in [3.05, 3.63) is 60.9 Å². The fourth-order valence-electron chi connectivity index (χ4n) is 3.07. The van der Waals surface area contributed by atoms with Crippen molar-refractivity contribution in [3.63, 3.8) is 0 Å². The first kappa shape index (κ1) is 22.4. The molecule has 2 aromatic heterocycles. The van der Waals surface area contributed by atoms with Crippen LogP contribution in [0.25, 0.3) is 22.5 Å². The molecular formula is C23H26N6O4. The van der Waals surface area contributed by atoms with Gasteiger partial charge < -0.3 is 18.9 Å². The monoisotopic (exact) mass is 450 g/mol. The van der Waals surface area contributed by atoms with Crippen LogP contribution in [0.5, 0.6) is 11.5 Å². The third-order valence-electron chi connectivity index (χ3n) is 4.75. The molecule has 33 heavy (non-hydrogen) atoms. The molecule has 0 saturated heterocycles. The van der Waals surface area contributed by atoms with Crippen molar-refractivity contribution in [2.75, 3.05) is 40.1 Å². The summed E-state index contributed by atoms with van der Waals surface area (Å²) in [6.45, 7) is 3.20. The zero-order valence-corrected chi connectivity index (χ0v) is 18.4. The highest BCUT2D eigenvalue weighted by atomic mass is 16.5. The van der Waals surface area contributed by atoms with E-state index < -0.39 is 0 Å². The summed E-state index contributed by atoms with van der Waals surface area (Å²) in [4.78, 5) is 0. The number of aromatic amines is 1. The average Bonchev–Trinajstić information content (AvgIpc) is 3.55. The van der Waals surface area contributed by atoms with E-state index in [1.165, 1.54) is 0 Å². The summed E-state index contributed by atoms with van der Waals surface area (Å²) < 4.78 is 23.5. The number of nitrogens with zero attached hydrogens (tertiary/aromatic N) is 5. The highest BCUT2D eigenvalue weighted by molar-refractivity contribution is 5.68. The topological polar surface area (TPSA) is 109 Å². The van der Waals surface area contributed by atoms with Crippen molar-refractivity contribution in [1.82, 2.24) is 30.4 Å². The molecule has 0 bridgehead atoms. The van der Waals surface area contributed by atoms with Crippen LogP contribution in [0.2, 0.25) is 0 Å². The lowest BCUT2D eigenvalue weighted by atomic mass is 10.1. The molecule has 2 aromatic carbocycles. The fraction of sp³-hybridized carbons (Fsp3) is 0.304. The first-order valence-electron chi connectivity index (χ1n) is 10.6. The van der Waals surface area contributed by atoms with E-state index in [4.69, 9.17) is 18.9 Å². The minimum Gasteiger partial charge on any atom is -0.492 e. The van der Waals surface area contributed by atoms with Crippen LogP contribution in [0.4, 0.5) is 0 Å². The molecule has 0 unspecified atom stereocenters. The molecule has 0 spiro atoms. The molecule has 0 aliphatic heterocycles. The van der Waals surface area contributed by atoms with E-state index in [0.717, 1.165) is 34.0 Å². The lowest BCUT2D eigenvalue weighted by molar-refractivity contribution is 0.0544. The second-order valence-corrected chi connectivity index (χ2v) is 7.08. The first-order chi connectivity index (χ1) is 16.3. The Kier molecular flexibility index (Phi) is 7.98. The molecule has 0 saturated carbocycles. The van der Waals surface area contributed by atoms with Gasteiger partial charge in [0.1, 0.15) is 36.1 Å². The van der Waals surface area contributed by atoms with Gasteiger partial charge in [0.25, 0.3) is 0 Å². The Morgan fingerprint density at radius 1 is 0.848 bits per heavy atom. The SMILES string of the molecule is COCCOCCOc1ccc(OCCn2cc(-c3cccc(-c4cn[nH]n4)c3)nn2)cc1. The summed E-state index contributed by atoms with van der Waals surface area (Å²) >= 11 is 0. The van der Waals surface area contributed by atoms with Gasteiger partial charge in [-0.05, 0) is 30.3 Å². The van der Waals surface area contributed by atoms with Gasteiger partial charge in [-0.25, -0.2) is 4.68 Å². The number of aromatic nitrogens is 6. The maximum absolute atomic E-state index is 5.82. The number of benzene rings is 2. The van der Waals surface area contributed by atoms with E-state index in [1.54, 1.807) is 18.0 Å². The van der Waals surface area contributed by atoms with Crippen molar-refractivity contribution in [1.29, 1.82) is 0 Å². The minimum absolute atomic E-state index is 0.468. The smallest absolute Gasteiger partial charge is 0.119 e. The van der Waals surface area contributed by atoms with Crippen LogP contribution in [0.15, 0.2) is 60.9 Å². The molecule has 10 nitrogen and oxygen atoms in total. The van der Waals surface area contributed by atoms with E-state index in [9.17, 15) is 0 Å². The second-order valence-electron chi connectivity index (χ2n) is 7.08. The van der Waals surface area contributed by atoms with Gasteiger partial charge >= 0.3 is 0 Å². The molecule has 0 aliphatic rings. The largest absolute Gasteiger partial charge is 0.492 e. The molecule has 4 aromatic rings. The maximum atomic E-state index is 5.82. The highest BCUT2D eigenvalue weighted by Crippen LogP contribution is 2.23. The van der Waals surface area contributed by atoms with Crippen molar-refractivity contribution < 1.29 is 18.9 Å². The predicted octanol–water partition coefficient (Wildman–Crippen LogP) is 2.85. The summed E-state index contributed by atoms with van der Waals surface area (Å²) in [5, 5.41) is 19.1. The van der Waals surface area contributed by atoms with Gasteiger partial charge in [0.05, 0.1) is 38.8 Å². The Balaban J connectivity index is 1.22. The summed E-state index contributed by atoms with van der Waals surface area (Å²) in [5.41, 5.74) is 3.49. The third-order valence-corrected chi connectivity index (χ3v) is 4.75. The summed E-state index contributed by atoms with van der Waals surface area (Å²) in [5.74, 6) is 1.53. The maximum Gasteiger partial charge on any atom is 0.119 e. The van der Waals surface area contributed by atoms with Gasteiger partial charge in [0, 0.05) is 18.2 Å². The van der Waals surface area contributed by atoms with E-state index in [0.29, 0.717) is 39.6 Å². The first-order valence-corrected chi connectivity index (χ1v) is 10.6. The molecule has 0 atom stereocenters. The number of nitrogens with one attached hydrogen (secondary N) is 1. The number of methoxy groups -OCH3 is 1. The number of hydrogen-bond donors (Lipinski definition) is 1. The predicted molar refractivity (Wildman–Crippen MR) is 121 cm³/mol. The molecule has 0 radical (unpaired) electrons. The normalized spacial score (nSPS) is 10.9. The Morgan fingerprint density at radius 2 is 1.58 bits per heavy atom. The minimum atomic E-state index is 0.468. The molecular weight excluding hydrogens is 424 g/mol. The van der Waals surface area contributed by atoms with Gasteiger partial charge in [-0.2, -0.15) is 15.4 Å². The zero-order valence-electron chi connectivity index (χ0n) is 18.4. The summed E-state index contributed by atoms with van der Waals surface area (Å²) in [7, 11) is 1.65. The summed E-state index contributed by atoms with van der Waals surface area (Å²) in [6, 6.07) is 15.4. The Morgan fingerprint density at radius 3 is 2.30 bits per heavy atom. The Bertz CT molecular complexity index is 1100. The summed E-state index contributed by atoms with van der Waals surface area (Å²) in [6.07, 6.45) is 3.59. The van der Waals surface area contributed by atoms with Crippen LogP contribution in [-0.4, -0.2) is 70.5 Å². The van der Waals surface area contributed by atoms with E-state index in [2.05, 4.69) is 25.7 Å². The molecule has 0 fully saturated rings. The highest BCUT2D eigenvalue weighted by Gasteiger charge is 2.07. The molecule has 1 N–H and O–H groups in total. The lowest BCUT2D eigenvalue weighted by Gasteiger charge is -2.09. The van der Waals surface area contributed by atoms with Crippen LogP contribution in [0.3, 0.4) is 0 Å². The van der Waals surface area contributed by atoms with Crippen molar-refractivity contribution in [3.8, 4) is 34.0 Å². The van der Waals surface area contributed by atoms with Crippen LogP contribution in [0, 0.1) is 0 Å². The van der Waals surface area contributed by atoms with Crippen LogP contribution < -0.4 is 9.47 Å². The quantitative estimate of drug-likeness (QED) is 0.310. The molecule has 10 heteroatoms. The number of H-pyrrole nitrogens is 1. The van der Waals surface area contributed by atoms with Gasteiger partial charge in [-0.15, -0.1) is 5.10 Å². The van der Waals surface area contributed by atoms with E-state index in [1.807, 2.05) is 54.7 Å². The van der Waals surface area contributed by atoms with E-state index in [-0.39, 0.29) is 0 Å². The molecule has 0 aliphatic carbocycles. The zero-order chi connectivity index (χ0) is 22.7. The second kappa shape index (κ2) is 11.7. The Labute approximate surface area is 191 Å². The van der Waals surface area contributed by atoms with Gasteiger partial charge in [0.15, 0.2) is 0 Å². The van der Waals surface area contributed by atoms with Gasteiger partial charge in [-0.3, -0.25) is 0 Å². The fourth-order valence-corrected chi connectivity index (χ4v) is 3.07. The van der Waals surface area contributed by atoms with Crippen LogP contribution in [-0.2, 0) is 16.0 Å². The van der Waals surface area contributed by atoms with Gasteiger partial charge in [-0.1, -0.05) is 23.4 Å². The molecule has 2 heterocycles. The number of hydrogen-bond acceptors (Lipinski definition) is 8. The van der Waals surface area contributed by atoms with Crippen LogP contribution >= 0.6 is 0 Å². The average molecular weight is 450 g/mol. The third kappa shape index (κ3) is 6.61. The number of rotatable bonds is 13. The van der Waals surface area contributed by atoms with E-state index >= 15 is 0 Å². The molecule has 172 valence electrons. The van der Waals surface area contributed by atoms with Gasteiger partial charge in [0.2, 0.25) is 0 Å². The lowest BCUT2D eigenvalue weighted by Crippen LogP contribution is -2.10. The molecule has 4 rings (SSSR count). The standard InChI is InChI=1S/C23H26N6O4/c1-30-11-12-31-13-14-33-21-7-5-20(6-8-21)32-10-9-29-17-23(26-28-29)19-4-2-3-18(15-19)22-16-24-27-25-22/h2-8,15-17H,9-14H2,1H3,(H,24,25,27). The number of ether oxygens (including phenoxy) is 4. The van der Waals surface area contributed by atoms with Crippen molar-refractivity contribution in [2.45, 2.75) is 6.54 Å². The Hall–Kier alpha value is -3.76. The van der Waals surface area contributed by atoms with Crippen molar-refractivity contribution >= 4 is 0 Å². The van der Waals surface area contributed by atoms with Crippen LogP contribution in [0.1, 0.15) is 0 Å². The van der Waals surface area contributed by atoms with Crippen molar-refractivity contribution in [2.24, 2.45) is 0 Å².